The molecule has 1 heterocycles. The van der Waals surface area contributed by atoms with Crippen LogP contribution in [0.4, 0.5) is 10.1 Å². The van der Waals surface area contributed by atoms with Crippen molar-refractivity contribution >= 4 is 27.5 Å². The summed E-state index contributed by atoms with van der Waals surface area (Å²) in [4.78, 5) is 27.1. The Hall–Kier alpha value is -3.56. The fourth-order valence-electron chi connectivity index (χ4n) is 3.83. The summed E-state index contributed by atoms with van der Waals surface area (Å²) < 4.78 is 40.5. The predicted octanol–water partition coefficient (Wildman–Crippen LogP) is 5.32. The predicted molar refractivity (Wildman–Crippen MR) is 146 cm³/mol. The van der Waals surface area contributed by atoms with Crippen molar-refractivity contribution in [3.05, 3.63) is 96.3 Å². The first-order valence-corrected chi connectivity index (χ1v) is 13.5. The first kappa shape index (κ1) is 28.0. The molecule has 1 aliphatic heterocycles. The number of anilines is 1. The average molecular weight is 530 g/mol. The zero-order chi connectivity index (χ0) is 27.1. The molecule has 0 aliphatic carbocycles. The Balaban J connectivity index is 0.000000840. The molecule has 0 saturated carbocycles. The molecule has 1 atom stereocenters. The zero-order valence-electron chi connectivity index (χ0n) is 21.1. The molecule has 2 N–H and O–H groups in total. The quantitative estimate of drug-likeness (QED) is 0.467. The Kier molecular flexibility index (Phi) is 9.18. The van der Waals surface area contributed by atoms with Crippen molar-refractivity contribution in [2.24, 2.45) is 0 Å². The van der Waals surface area contributed by atoms with Gasteiger partial charge in [-0.15, -0.1) is 0 Å². The molecule has 9 heteroatoms. The van der Waals surface area contributed by atoms with Crippen molar-refractivity contribution in [3.63, 3.8) is 0 Å². The summed E-state index contributed by atoms with van der Waals surface area (Å²) >= 11 is 0. The van der Waals surface area contributed by atoms with Crippen LogP contribution in [0.1, 0.15) is 46.8 Å². The lowest BCUT2D eigenvalue weighted by Gasteiger charge is -2.24. The van der Waals surface area contributed by atoms with Gasteiger partial charge in [-0.2, -0.15) is 0 Å². The van der Waals surface area contributed by atoms with Gasteiger partial charge in [-0.1, -0.05) is 36.4 Å². The topological polar surface area (TPSA) is 95.6 Å². The van der Waals surface area contributed by atoms with Gasteiger partial charge in [0.2, 0.25) is 15.9 Å². The van der Waals surface area contributed by atoms with Crippen molar-refractivity contribution in [1.82, 2.24) is 9.62 Å². The Labute approximate surface area is 220 Å². The largest absolute Gasteiger partial charge is 0.327 e. The molecule has 2 amide bonds. The van der Waals surface area contributed by atoms with Crippen LogP contribution >= 0.6 is 0 Å². The fraction of sp³-hybridized carbons (Fsp3) is 0.286. The van der Waals surface area contributed by atoms with Crippen LogP contribution in [0.25, 0.3) is 0 Å². The number of likely N-dealkylation sites (tertiary alicyclic amines) is 1. The maximum atomic E-state index is 13.1. The third-order valence-corrected chi connectivity index (χ3v) is 7.22. The summed E-state index contributed by atoms with van der Waals surface area (Å²) in [6.45, 7) is 5.68. The number of nitrogens with one attached hydrogen (secondary N) is 2. The Bertz CT molecular complexity index is 1270. The lowest BCUT2D eigenvalue weighted by Crippen LogP contribution is -2.43. The number of hydrogen-bond donors (Lipinski definition) is 2. The first-order valence-electron chi connectivity index (χ1n) is 12.0. The van der Waals surface area contributed by atoms with E-state index in [-0.39, 0.29) is 19.6 Å². The lowest BCUT2D eigenvalue weighted by molar-refractivity contribution is -0.119. The van der Waals surface area contributed by atoms with Crippen LogP contribution in [0.15, 0.2) is 89.8 Å². The monoisotopic (exact) mass is 529 g/mol. The van der Waals surface area contributed by atoms with Gasteiger partial charge in [0, 0.05) is 26.2 Å². The van der Waals surface area contributed by atoms with E-state index < -0.39 is 27.4 Å². The van der Waals surface area contributed by atoms with Crippen molar-refractivity contribution in [2.45, 2.75) is 50.1 Å². The molecule has 0 unspecified atom stereocenters. The molecular weight excluding hydrogens is 493 g/mol. The van der Waals surface area contributed by atoms with Gasteiger partial charge in [-0.05, 0) is 82.1 Å². The SMILES string of the molecule is CC(C)(C)NS(=O)(=O)c1ccc(NC(=O)[C@@H]2CCCN2C(=O)c2ccc(F)cc2)cc1.[HH].[HH].c1ccccc1. The summed E-state index contributed by atoms with van der Waals surface area (Å²) in [6, 6.07) is 22.4. The maximum absolute atomic E-state index is 13.1. The van der Waals surface area contributed by atoms with Crippen LogP contribution < -0.4 is 10.0 Å². The van der Waals surface area contributed by atoms with Crippen molar-refractivity contribution < 1.29 is 25.3 Å². The average Bonchev–Trinajstić information content (AvgIpc) is 3.35. The molecule has 3 aromatic rings. The Morgan fingerprint density at radius 2 is 1.46 bits per heavy atom. The number of halogens is 1. The van der Waals surface area contributed by atoms with Gasteiger partial charge in [0.05, 0.1) is 4.90 Å². The minimum Gasteiger partial charge on any atom is -0.327 e. The van der Waals surface area contributed by atoms with E-state index in [1.807, 2.05) is 36.4 Å². The van der Waals surface area contributed by atoms with E-state index in [2.05, 4.69) is 10.0 Å². The second-order valence-corrected chi connectivity index (χ2v) is 11.4. The smallest absolute Gasteiger partial charge is 0.254 e. The van der Waals surface area contributed by atoms with Gasteiger partial charge in [0.15, 0.2) is 0 Å². The molecule has 1 fully saturated rings. The maximum Gasteiger partial charge on any atom is 0.254 e. The Morgan fingerprint density at radius 1 is 0.919 bits per heavy atom. The second-order valence-electron chi connectivity index (χ2n) is 9.69. The van der Waals surface area contributed by atoms with E-state index in [9.17, 15) is 22.4 Å². The highest BCUT2D eigenvalue weighted by Crippen LogP contribution is 2.23. The molecule has 37 heavy (non-hydrogen) atoms. The van der Waals surface area contributed by atoms with Crippen LogP contribution in [-0.4, -0.2) is 43.3 Å². The van der Waals surface area contributed by atoms with Crippen molar-refractivity contribution in [2.75, 3.05) is 11.9 Å². The van der Waals surface area contributed by atoms with Gasteiger partial charge in [-0.25, -0.2) is 17.5 Å². The number of sulfonamides is 1. The van der Waals surface area contributed by atoms with E-state index in [1.54, 1.807) is 20.8 Å². The number of hydrogen-bond acceptors (Lipinski definition) is 4. The van der Waals surface area contributed by atoms with Gasteiger partial charge in [0.25, 0.3) is 5.91 Å². The van der Waals surface area contributed by atoms with E-state index >= 15 is 0 Å². The fourth-order valence-corrected chi connectivity index (χ4v) is 5.25. The Morgan fingerprint density at radius 3 is 1.97 bits per heavy atom. The summed E-state index contributed by atoms with van der Waals surface area (Å²) in [5.74, 6) is -1.11. The van der Waals surface area contributed by atoms with Crippen LogP contribution in [0, 0.1) is 5.82 Å². The van der Waals surface area contributed by atoms with Gasteiger partial charge < -0.3 is 10.2 Å². The van der Waals surface area contributed by atoms with Crippen molar-refractivity contribution in [3.8, 4) is 0 Å². The molecule has 0 bridgehead atoms. The molecule has 3 aromatic carbocycles. The van der Waals surface area contributed by atoms with E-state index in [0.717, 1.165) is 0 Å². The molecule has 1 aliphatic rings. The number of rotatable bonds is 5. The molecule has 0 aromatic heterocycles. The highest BCUT2D eigenvalue weighted by molar-refractivity contribution is 7.89. The first-order chi connectivity index (χ1) is 17.5. The summed E-state index contributed by atoms with van der Waals surface area (Å²) in [5, 5.41) is 2.75. The minimum absolute atomic E-state index is 0. The normalized spacial score (nSPS) is 15.5. The summed E-state index contributed by atoms with van der Waals surface area (Å²) in [6.07, 6.45) is 1.20. The number of nitrogens with zero attached hydrogens (tertiary/aromatic N) is 1. The van der Waals surface area contributed by atoms with E-state index in [1.165, 1.54) is 53.4 Å². The van der Waals surface area contributed by atoms with Crippen LogP contribution in [0.3, 0.4) is 0 Å². The number of carbonyl (C=O) groups excluding carboxylic acids is 2. The second kappa shape index (κ2) is 12.1. The van der Waals surface area contributed by atoms with Crippen molar-refractivity contribution in [1.29, 1.82) is 0 Å². The molecule has 0 radical (unpaired) electrons. The zero-order valence-corrected chi connectivity index (χ0v) is 22.0. The molecule has 200 valence electrons. The molecule has 1 saturated heterocycles. The summed E-state index contributed by atoms with van der Waals surface area (Å²) in [5.41, 5.74) is 0.136. The molecule has 4 rings (SSSR count). The summed E-state index contributed by atoms with van der Waals surface area (Å²) in [7, 11) is -3.67. The van der Waals surface area contributed by atoms with Gasteiger partial charge in [0.1, 0.15) is 11.9 Å². The number of benzene rings is 3. The van der Waals surface area contributed by atoms with Crippen LogP contribution in [0.5, 0.6) is 0 Å². The molecule has 0 spiro atoms. The van der Waals surface area contributed by atoms with Crippen LogP contribution in [0.2, 0.25) is 0 Å². The number of amides is 2. The third-order valence-electron chi connectivity index (χ3n) is 5.45. The highest BCUT2D eigenvalue weighted by Gasteiger charge is 2.34. The molecular formula is C28H36FN3O4S. The van der Waals surface area contributed by atoms with Crippen LogP contribution in [-0.2, 0) is 14.8 Å². The van der Waals surface area contributed by atoms with E-state index in [4.69, 9.17) is 0 Å². The highest BCUT2D eigenvalue weighted by atomic mass is 32.2. The van der Waals surface area contributed by atoms with Gasteiger partial charge in [-0.3, -0.25) is 9.59 Å². The molecule has 7 nitrogen and oxygen atoms in total. The minimum atomic E-state index is -3.67. The lowest BCUT2D eigenvalue weighted by atomic mass is 10.1. The third kappa shape index (κ3) is 8.23. The standard InChI is InChI=1S/C22H26FN3O4S.C6H6.2H2/c1-22(2,3)25-31(29,30)18-12-10-17(11-13-18)24-20(27)19-5-4-14-26(19)21(28)15-6-8-16(23)9-7-15;1-2-4-6-5-3-1;;/h6-13,19,25H,4-5,14H2,1-3H3,(H,24,27);1-6H;2*1H/t19-;;;/m0.../s1. The number of carbonyl (C=O) groups is 2. The van der Waals surface area contributed by atoms with Gasteiger partial charge >= 0.3 is 0 Å². The van der Waals surface area contributed by atoms with E-state index in [0.29, 0.717) is 30.6 Å².